The molecule has 3 amide bonds. The lowest BCUT2D eigenvalue weighted by Gasteiger charge is -2.29. The maximum atomic E-state index is 12.9. The maximum absolute atomic E-state index is 12.9. The summed E-state index contributed by atoms with van der Waals surface area (Å²) in [6, 6.07) is 6.57. The van der Waals surface area contributed by atoms with Crippen molar-refractivity contribution in [2.24, 2.45) is 0 Å². The van der Waals surface area contributed by atoms with Crippen LogP contribution in [0, 0.1) is 0 Å². The average molecular weight is 424 g/mol. The van der Waals surface area contributed by atoms with Gasteiger partial charge in [0.15, 0.2) is 0 Å². The number of nitrogens with one attached hydrogen (secondary N) is 4. The number of carbonyl (C=O) groups is 3. The molecule has 0 spiro atoms. The van der Waals surface area contributed by atoms with Crippen LogP contribution in [0.4, 0.5) is 23.1 Å². The predicted molar refractivity (Wildman–Crippen MR) is 116 cm³/mol. The molecule has 1 atom stereocenters. The zero-order valence-electron chi connectivity index (χ0n) is 17.2. The molecule has 162 valence electrons. The van der Waals surface area contributed by atoms with Crippen LogP contribution >= 0.6 is 0 Å². The number of rotatable bonds is 4. The van der Waals surface area contributed by atoms with Gasteiger partial charge in [-0.1, -0.05) is 0 Å². The molecule has 0 bridgehead atoms. The van der Waals surface area contributed by atoms with Crippen molar-refractivity contribution >= 4 is 40.9 Å². The van der Waals surface area contributed by atoms with Gasteiger partial charge in [0, 0.05) is 37.8 Å². The molecule has 1 aromatic carbocycles. The number of fused-ring (bicyclic) bond motifs is 1. The van der Waals surface area contributed by atoms with Gasteiger partial charge in [0.25, 0.3) is 5.56 Å². The van der Waals surface area contributed by atoms with Crippen molar-refractivity contribution in [2.75, 3.05) is 33.9 Å². The van der Waals surface area contributed by atoms with Gasteiger partial charge >= 0.3 is 0 Å². The van der Waals surface area contributed by atoms with Crippen LogP contribution in [0.2, 0.25) is 0 Å². The summed E-state index contributed by atoms with van der Waals surface area (Å²) in [6.07, 6.45) is 3.02. The summed E-state index contributed by atoms with van der Waals surface area (Å²) in [5.74, 6) is -1.43. The van der Waals surface area contributed by atoms with E-state index in [2.05, 4.69) is 25.9 Å². The standard InChI is InChI=1S/C21H24N6O4/c1-12(28)22-13-5-7-14(8-6-13)23-19(30)15-11-16(29)24-18-17(15)20(31)26-21(25-18)27-9-3-2-4-10-27/h5-8,15H,2-4,9-11H2,1H3,(H,22,28)(H,23,30)(H2,24,25,26,29,31)/t15-/m0/s1. The van der Waals surface area contributed by atoms with Crippen LogP contribution in [0.25, 0.3) is 0 Å². The van der Waals surface area contributed by atoms with Crippen LogP contribution in [0.1, 0.15) is 44.1 Å². The number of nitrogens with zero attached hydrogens (tertiary/aromatic N) is 2. The van der Waals surface area contributed by atoms with E-state index in [1.807, 2.05) is 4.90 Å². The Kier molecular flexibility index (Phi) is 5.70. The predicted octanol–water partition coefficient (Wildman–Crippen LogP) is 1.78. The molecule has 2 aliphatic rings. The molecule has 1 saturated heterocycles. The Balaban J connectivity index is 1.57. The van der Waals surface area contributed by atoms with Gasteiger partial charge in [0.1, 0.15) is 5.82 Å². The maximum Gasteiger partial charge on any atom is 0.258 e. The van der Waals surface area contributed by atoms with Crippen LogP contribution in [-0.2, 0) is 14.4 Å². The van der Waals surface area contributed by atoms with Crippen LogP contribution in [0.3, 0.4) is 0 Å². The highest BCUT2D eigenvalue weighted by atomic mass is 16.2. The first-order valence-corrected chi connectivity index (χ1v) is 10.3. The molecule has 0 saturated carbocycles. The highest BCUT2D eigenvalue weighted by Gasteiger charge is 2.35. The number of H-pyrrole nitrogens is 1. The molecule has 31 heavy (non-hydrogen) atoms. The van der Waals surface area contributed by atoms with Gasteiger partial charge in [-0.15, -0.1) is 0 Å². The molecule has 0 unspecified atom stereocenters. The topological polar surface area (TPSA) is 136 Å². The second-order valence-electron chi connectivity index (χ2n) is 7.75. The van der Waals surface area contributed by atoms with Crippen molar-refractivity contribution in [3.05, 3.63) is 40.2 Å². The Labute approximate surface area is 178 Å². The summed E-state index contributed by atoms with van der Waals surface area (Å²) in [5.41, 5.74) is 0.819. The van der Waals surface area contributed by atoms with E-state index in [0.717, 1.165) is 32.4 Å². The summed E-state index contributed by atoms with van der Waals surface area (Å²) >= 11 is 0. The molecular weight excluding hydrogens is 400 g/mol. The Hall–Kier alpha value is -3.69. The number of anilines is 4. The van der Waals surface area contributed by atoms with E-state index in [1.165, 1.54) is 6.92 Å². The molecule has 1 fully saturated rings. The van der Waals surface area contributed by atoms with E-state index in [4.69, 9.17) is 0 Å². The normalized spacial score (nSPS) is 18.0. The quantitative estimate of drug-likeness (QED) is 0.591. The molecule has 2 aromatic rings. The summed E-state index contributed by atoms with van der Waals surface area (Å²) in [4.78, 5) is 58.4. The number of aromatic nitrogens is 2. The largest absolute Gasteiger partial charge is 0.342 e. The van der Waals surface area contributed by atoms with Gasteiger partial charge in [-0.25, -0.2) is 0 Å². The fourth-order valence-corrected chi connectivity index (χ4v) is 3.91. The first kappa shape index (κ1) is 20.6. The Bertz CT molecular complexity index is 1070. The SMILES string of the molecule is CC(=O)Nc1ccc(NC(=O)[C@H]2CC(=O)Nc3nc(N4CCCCC4)[nH]c(=O)c32)cc1. The van der Waals surface area contributed by atoms with Crippen LogP contribution < -0.4 is 26.4 Å². The van der Waals surface area contributed by atoms with E-state index >= 15 is 0 Å². The van der Waals surface area contributed by atoms with Crippen molar-refractivity contribution in [3.63, 3.8) is 0 Å². The zero-order chi connectivity index (χ0) is 22.0. The molecule has 3 heterocycles. The van der Waals surface area contributed by atoms with E-state index in [1.54, 1.807) is 24.3 Å². The number of carbonyl (C=O) groups excluding carboxylic acids is 3. The van der Waals surface area contributed by atoms with E-state index in [0.29, 0.717) is 17.3 Å². The van der Waals surface area contributed by atoms with Gasteiger partial charge in [-0.3, -0.25) is 24.2 Å². The number of benzene rings is 1. The number of amides is 3. The molecule has 4 N–H and O–H groups in total. The smallest absolute Gasteiger partial charge is 0.258 e. The fraction of sp³-hybridized carbons (Fsp3) is 0.381. The number of piperidine rings is 1. The fourth-order valence-electron chi connectivity index (χ4n) is 3.91. The highest BCUT2D eigenvalue weighted by molar-refractivity contribution is 6.04. The summed E-state index contributed by atoms with van der Waals surface area (Å²) < 4.78 is 0. The number of aromatic amines is 1. The summed E-state index contributed by atoms with van der Waals surface area (Å²) in [6.45, 7) is 2.98. The van der Waals surface area contributed by atoms with Crippen molar-refractivity contribution in [3.8, 4) is 0 Å². The zero-order valence-corrected chi connectivity index (χ0v) is 17.2. The molecule has 10 nitrogen and oxygen atoms in total. The van der Waals surface area contributed by atoms with Gasteiger partial charge in [0.05, 0.1) is 11.5 Å². The van der Waals surface area contributed by atoms with Gasteiger partial charge < -0.3 is 20.9 Å². The molecule has 0 radical (unpaired) electrons. The molecule has 1 aromatic heterocycles. The lowest BCUT2D eigenvalue weighted by Crippen LogP contribution is -2.38. The van der Waals surface area contributed by atoms with Crippen molar-refractivity contribution < 1.29 is 14.4 Å². The molecule has 10 heteroatoms. The lowest BCUT2D eigenvalue weighted by atomic mass is 9.92. The molecular formula is C21H24N6O4. The summed E-state index contributed by atoms with van der Waals surface area (Å²) in [7, 11) is 0. The molecule has 0 aliphatic carbocycles. The molecule has 2 aliphatic heterocycles. The molecule has 4 rings (SSSR count). The highest BCUT2D eigenvalue weighted by Crippen LogP contribution is 2.30. The summed E-state index contributed by atoms with van der Waals surface area (Å²) in [5, 5.41) is 8.02. The second kappa shape index (κ2) is 8.58. The third-order valence-corrected chi connectivity index (χ3v) is 5.38. The van der Waals surface area contributed by atoms with Crippen LogP contribution in [-0.4, -0.2) is 40.8 Å². The van der Waals surface area contributed by atoms with Crippen LogP contribution in [0.5, 0.6) is 0 Å². The van der Waals surface area contributed by atoms with Gasteiger partial charge in [0.2, 0.25) is 23.7 Å². The van der Waals surface area contributed by atoms with Crippen molar-refractivity contribution in [2.45, 2.75) is 38.5 Å². The Morgan fingerprint density at radius 3 is 2.32 bits per heavy atom. The second-order valence-corrected chi connectivity index (χ2v) is 7.75. The minimum absolute atomic E-state index is 0.140. The van der Waals surface area contributed by atoms with Crippen LogP contribution in [0.15, 0.2) is 29.1 Å². The lowest BCUT2D eigenvalue weighted by molar-refractivity contribution is -0.123. The average Bonchev–Trinajstić information content (AvgIpc) is 2.74. The third kappa shape index (κ3) is 4.57. The first-order chi connectivity index (χ1) is 14.9. The van der Waals surface area contributed by atoms with E-state index in [9.17, 15) is 19.2 Å². The Morgan fingerprint density at radius 2 is 1.68 bits per heavy atom. The minimum Gasteiger partial charge on any atom is -0.342 e. The Morgan fingerprint density at radius 1 is 1.03 bits per heavy atom. The van der Waals surface area contributed by atoms with Crippen molar-refractivity contribution in [1.82, 2.24) is 9.97 Å². The van der Waals surface area contributed by atoms with E-state index in [-0.39, 0.29) is 29.6 Å². The third-order valence-electron chi connectivity index (χ3n) is 5.38. The number of hydrogen-bond acceptors (Lipinski definition) is 6. The van der Waals surface area contributed by atoms with Crippen molar-refractivity contribution in [1.29, 1.82) is 0 Å². The monoisotopic (exact) mass is 424 g/mol. The number of hydrogen-bond donors (Lipinski definition) is 4. The van der Waals surface area contributed by atoms with Gasteiger partial charge in [-0.05, 0) is 43.5 Å². The van der Waals surface area contributed by atoms with Gasteiger partial charge in [-0.2, -0.15) is 4.98 Å². The van der Waals surface area contributed by atoms with E-state index < -0.39 is 17.4 Å². The minimum atomic E-state index is -0.953. The first-order valence-electron chi connectivity index (χ1n) is 10.3.